The molecule has 2 heterocycles. The summed E-state index contributed by atoms with van der Waals surface area (Å²) in [5.74, 6) is 2.26. The predicted molar refractivity (Wildman–Crippen MR) is 69.5 cm³/mol. The molecule has 0 aromatic carbocycles. The van der Waals surface area contributed by atoms with Crippen LogP contribution in [-0.4, -0.2) is 52.7 Å². The van der Waals surface area contributed by atoms with Crippen LogP contribution < -0.4 is 15.3 Å². The van der Waals surface area contributed by atoms with Crippen LogP contribution in [-0.2, 0) is 0 Å². The molecule has 0 fully saturated rings. The fraction of sp³-hybridized carbons (Fsp3) is 0.600. The summed E-state index contributed by atoms with van der Waals surface area (Å²) in [4.78, 5) is 9.70. The molecule has 0 atom stereocenters. The third kappa shape index (κ3) is 2.44. The summed E-state index contributed by atoms with van der Waals surface area (Å²) in [5, 5.41) is 0. The molecule has 15 heavy (non-hydrogen) atoms. The van der Waals surface area contributed by atoms with E-state index in [1.165, 1.54) is 2.89 Å². The van der Waals surface area contributed by atoms with Crippen LogP contribution in [0.5, 0.6) is 11.5 Å². The Hall–Kier alpha value is 0.897. The summed E-state index contributed by atoms with van der Waals surface area (Å²) in [6, 6.07) is 0. The van der Waals surface area contributed by atoms with Gasteiger partial charge in [-0.1, -0.05) is 0 Å². The quantitative estimate of drug-likeness (QED) is 0.652. The number of rotatable bonds is 2. The van der Waals surface area contributed by atoms with Crippen molar-refractivity contribution in [2.75, 3.05) is 13.2 Å². The Balaban J connectivity index is 2.52. The molecule has 1 aromatic heterocycles. The Morgan fingerprint density at radius 3 is 2.27 bits per heavy atom. The first kappa shape index (κ1) is 12.4. The Morgan fingerprint density at radius 2 is 1.73 bits per heavy atom. The zero-order valence-electron chi connectivity index (χ0n) is 9.64. The average molecular weight is 438 g/mol. The first-order chi connectivity index (χ1) is 7.04. The van der Waals surface area contributed by atoms with Crippen molar-refractivity contribution in [1.82, 2.24) is 0 Å². The average Bonchev–Trinajstić information content (AvgIpc) is 2.55. The predicted octanol–water partition coefficient (Wildman–Crippen LogP) is 1.44. The summed E-state index contributed by atoms with van der Waals surface area (Å²) >= 11 is -0.403. The molecule has 2 radical (unpaired) electrons. The van der Waals surface area contributed by atoms with Crippen molar-refractivity contribution in [3.8, 4) is 11.5 Å². The second kappa shape index (κ2) is 4.64. The molecule has 0 N–H and O–H groups in total. The molecule has 0 amide bonds. The van der Waals surface area contributed by atoms with Gasteiger partial charge in [-0.15, -0.1) is 0 Å². The molecule has 1 aliphatic rings. The molecule has 0 aliphatic carbocycles. The van der Waals surface area contributed by atoms with E-state index in [9.17, 15) is 0 Å². The molecule has 5 heteroatoms. The van der Waals surface area contributed by atoms with Gasteiger partial charge in [0.1, 0.15) is 0 Å². The van der Waals surface area contributed by atoms with Gasteiger partial charge in [-0.2, -0.15) is 0 Å². The van der Waals surface area contributed by atoms with E-state index in [-0.39, 0.29) is 0 Å². The Kier molecular flexibility index (Phi) is 3.82. The van der Waals surface area contributed by atoms with Gasteiger partial charge in [-0.3, -0.25) is 0 Å². The van der Waals surface area contributed by atoms with Crippen LogP contribution in [0.25, 0.3) is 0 Å². The molecule has 0 unspecified atom stereocenters. The van der Waals surface area contributed by atoms with Crippen LogP contribution >= 0.6 is 11.3 Å². The van der Waals surface area contributed by atoms with E-state index in [4.69, 9.17) is 9.47 Å². The molecule has 82 valence electrons. The van der Waals surface area contributed by atoms with E-state index in [0.717, 1.165) is 24.7 Å². The number of hydrogen-bond donors (Lipinski definition) is 0. The molecular formula is C10H16O2SSn2. The Labute approximate surface area is 109 Å². The molecular weight excluding hydrogens is 422 g/mol. The first-order valence-corrected chi connectivity index (χ1v) is 20.2. The molecule has 1 aromatic rings. The van der Waals surface area contributed by atoms with Gasteiger partial charge >= 0.3 is 111 Å². The summed E-state index contributed by atoms with van der Waals surface area (Å²) in [5.41, 5.74) is 0. The number of ether oxygens (including phenoxy) is 2. The first-order valence-electron chi connectivity index (χ1n) is 5.14. The van der Waals surface area contributed by atoms with E-state index in [1.807, 2.05) is 11.3 Å². The second-order valence-corrected chi connectivity index (χ2v) is 24.8. The zero-order chi connectivity index (χ0) is 11.1. The van der Waals surface area contributed by atoms with Gasteiger partial charge in [0.05, 0.1) is 0 Å². The van der Waals surface area contributed by atoms with Crippen LogP contribution in [0.4, 0.5) is 0 Å². The van der Waals surface area contributed by atoms with Crippen molar-refractivity contribution in [1.29, 1.82) is 0 Å². The molecule has 0 bridgehead atoms. The van der Waals surface area contributed by atoms with Crippen molar-refractivity contribution >= 4 is 56.6 Å². The van der Waals surface area contributed by atoms with Gasteiger partial charge in [0.15, 0.2) is 0 Å². The van der Waals surface area contributed by atoms with Gasteiger partial charge in [-0.05, 0) is 0 Å². The summed E-state index contributed by atoms with van der Waals surface area (Å²) in [6.07, 6.45) is 0. The van der Waals surface area contributed by atoms with Crippen molar-refractivity contribution < 1.29 is 9.47 Å². The summed E-state index contributed by atoms with van der Waals surface area (Å²) in [7, 11) is 0. The van der Waals surface area contributed by atoms with Gasteiger partial charge in [0.25, 0.3) is 0 Å². The van der Waals surface area contributed by atoms with Gasteiger partial charge in [0.2, 0.25) is 0 Å². The van der Waals surface area contributed by atoms with Crippen LogP contribution in [0.1, 0.15) is 0 Å². The van der Waals surface area contributed by atoms with Crippen LogP contribution in [0.3, 0.4) is 0 Å². The monoisotopic (exact) mass is 440 g/mol. The van der Waals surface area contributed by atoms with E-state index < -0.39 is 39.5 Å². The van der Waals surface area contributed by atoms with Crippen molar-refractivity contribution in [3.63, 3.8) is 0 Å². The maximum atomic E-state index is 5.83. The maximum absolute atomic E-state index is 5.83. The molecule has 2 rings (SSSR count). The minimum absolute atomic E-state index is 0.402. The third-order valence-corrected chi connectivity index (χ3v) is 16.8. The fourth-order valence-electron chi connectivity index (χ4n) is 1.61. The van der Waals surface area contributed by atoms with E-state index in [0.29, 0.717) is 0 Å². The summed E-state index contributed by atoms with van der Waals surface area (Å²) < 4.78 is 14.7. The van der Waals surface area contributed by atoms with E-state index in [1.54, 1.807) is 2.89 Å². The second-order valence-electron chi connectivity index (χ2n) is 4.62. The molecule has 2 nitrogen and oxygen atoms in total. The van der Waals surface area contributed by atoms with E-state index >= 15 is 0 Å². The van der Waals surface area contributed by atoms with Crippen molar-refractivity contribution in [2.45, 2.75) is 19.8 Å². The molecule has 1 aliphatic heterocycles. The fourth-order valence-corrected chi connectivity index (χ4v) is 14.1. The number of thiophene rings is 1. The van der Waals surface area contributed by atoms with Gasteiger partial charge in [-0.25, -0.2) is 0 Å². The Morgan fingerprint density at radius 1 is 1.13 bits per heavy atom. The molecule has 0 saturated carbocycles. The number of hydrogen-bond acceptors (Lipinski definition) is 3. The Bertz CT molecular complexity index is 368. The third-order valence-electron chi connectivity index (χ3n) is 2.31. The number of fused-ring (bicyclic) bond motifs is 1. The molecule has 0 spiro atoms. The normalized spacial score (nSPS) is 15.5. The molecule has 0 saturated heterocycles. The van der Waals surface area contributed by atoms with Gasteiger partial charge < -0.3 is 0 Å². The van der Waals surface area contributed by atoms with E-state index in [2.05, 4.69) is 19.8 Å². The van der Waals surface area contributed by atoms with Crippen LogP contribution in [0.2, 0.25) is 19.8 Å². The zero-order valence-corrected chi connectivity index (χ0v) is 16.2. The van der Waals surface area contributed by atoms with Crippen LogP contribution in [0, 0.1) is 0 Å². The minimum atomic E-state index is -2.00. The van der Waals surface area contributed by atoms with Gasteiger partial charge in [0, 0.05) is 0 Å². The topological polar surface area (TPSA) is 18.5 Å². The standard InChI is InChI=1S/C6H4O2S.4CH3.2Sn/c1-2-8-6-4-9-3-5(6)7-1;;;;;;/h1-2H2;4*1H3;;. The summed E-state index contributed by atoms with van der Waals surface area (Å²) in [6.45, 7) is 1.46. The SMILES string of the molecule is [CH3][Sn][c]1s[c]([Sn]([CH3])([CH3])[CH3])c2c1OCCO2. The van der Waals surface area contributed by atoms with Crippen LogP contribution in [0.15, 0.2) is 0 Å². The van der Waals surface area contributed by atoms with Crippen molar-refractivity contribution in [3.05, 3.63) is 0 Å². The van der Waals surface area contributed by atoms with Crippen molar-refractivity contribution in [2.24, 2.45) is 0 Å².